The summed E-state index contributed by atoms with van der Waals surface area (Å²) in [6.07, 6.45) is 1.99. The number of H-pyrrole nitrogens is 1. The number of imidazole rings is 1. The molecule has 8 heteroatoms. The van der Waals surface area contributed by atoms with Gasteiger partial charge in [-0.15, -0.1) is 0 Å². The van der Waals surface area contributed by atoms with Gasteiger partial charge in [0.2, 0.25) is 0 Å². The molecule has 0 radical (unpaired) electrons. The number of aryl methyl sites for hydroxylation is 4. The Morgan fingerprint density at radius 2 is 2.10 bits per heavy atom. The first-order valence-electron chi connectivity index (χ1n) is 6.41. The molecular formula is C12H19N5O2S. The first-order valence-corrected chi connectivity index (χ1v) is 7.89. The van der Waals surface area contributed by atoms with E-state index in [1.165, 1.54) is 6.20 Å². The van der Waals surface area contributed by atoms with Crippen molar-refractivity contribution in [1.29, 1.82) is 0 Å². The third kappa shape index (κ3) is 3.45. The van der Waals surface area contributed by atoms with Crippen LogP contribution in [-0.2, 0) is 16.6 Å². The lowest BCUT2D eigenvalue weighted by atomic mass is 10.4. The van der Waals surface area contributed by atoms with Crippen molar-refractivity contribution in [2.24, 2.45) is 0 Å². The van der Waals surface area contributed by atoms with E-state index in [1.54, 1.807) is 6.92 Å². The van der Waals surface area contributed by atoms with E-state index >= 15 is 0 Å². The van der Waals surface area contributed by atoms with Crippen molar-refractivity contribution < 1.29 is 8.42 Å². The van der Waals surface area contributed by atoms with Crippen LogP contribution in [0.15, 0.2) is 17.3 Å². The van der Waals surface area contributed by atoms with Gasteiger partial charge in [-0.1, -0.05) is 0 Å². The predicted octanol–water partition coefficient (Wildman–Crippen LogP) is 0.900. The van der Waals surface area contributed by atoms with E-state index in [4.69, 9.17) is 0 Å². The van der Waals surface area contributed by atoms with Crippen LogP contribution < -0.4 is 4.72 Å². The molecule has 2 rings (SSSR count). The molecule has 0 bridgehead atoms. The van der Waals surface area contributed by atoms with Gasteiger partial charge in [0.05, 0.1) is 11.9 Å². The second-order valence-corrected chi connectivity index (χ2v) is 6.47. The molecule has 0 saturated heterocycles. The van der Waals surface area contributed by atoms with Crippen LogP contribution in [-0.4, -0.2) is 34.7 Å². The lowest BCUT2D eigenvalue weighted by Gasteiger charge is -2.06. The third-order valence-corrected chi connectivity index (χ3v) is 4.28. The number of nitrogens with one attached hydrogen (secondary N) is 2. The van der Waals surface area contributed by atoms with Gasteiger partial charge in [-0.2, -0.15) is 5.10 Å². The Bertz CT molecular complexity index is 687. The summed E-state index contributed by atoms with van der Waals surface area (Å²) >= 11 is 0. The smallest absolute Gasteiger partial charge is 0.257 e. The molecule has 0 amide bonds. The van der Waals surface area contributed by atoms with Crippen LogP contribution in [0.2, 0.25) is 0 Å². The average molecular weight is 297 g/mol. The van der Waals surface area contributed by atoms with Gasteiger partial charge in [0.25, 0.3) is 10.0 Å². The molecule has 0 aliphatic rings. The average Bonchev–Trinajstić information content (AvgIpc) is 2.92. The molecule has 0 aliphatic heterocycles. The number of aromatic amines is 1. The highest BCUT2D eigenvalue weighted by Gasteiger charge is 2.15. The normalized spacial score (nSPS) is 11.9. The van der Waals surface area contributed by atoms with E-state index in [0.717, 1.165) is 11.4 Å². The Hall–Kier alpha value is -1.67. The minimum Gasteiger partial charge on any atom is -0.332 e. The van der Waals surface area contributed by atoms with Crippen molar-refractivity contribution in [3.05, 3.63) is 29.5 Å². The standard InChI is InChI=1S/C12H19N5O2S/c1-9-7-10(2)17(16-9)6-4-5-14-20(18,19)12-8-13-11(3)15-12/h7-8,14H,4-6H2,1-3H3,(H,13,15). The maximum absolute atomic E-state index is 11.9. The maximum atomic E-state index is 11.9. The van der Waals surface area contributed by atoms with Gasteiger partial charge in [0.1, 0.15) is 5.82 Å². The van der Waals surface area contributed by atoms with E-state index in [2.05, 4.69) is 19.8 Å². The molecule has 2 aromatic heterocycles. The van der Waals surface area contributed by atoms with E-state index in [1.807, 2.05) is 24.6 Å². The van der Waals surface area contributed by atoms with Crippen LogP contribution in [0, 0.1) is 20.8 Å². The summed E-state index contributed by atoms with van der Waals surface area (Å²) in [7, 11) is -3.50. The molecule has 7 nitrogen and oxygen atoms in total. The fourth-order valence-corrected chi connectivity index (χ4v) is 2.99. The lowest BCUT2D eigenvalue weighted by Crippen LogP contribution is -2.26. The zero-order valence-corrected chi connectivity index (χ0v) is 12.7. The molecule has 0 aromatic carbocycles. The molecule has 0 aliphatic carbocycles. The topological polar surface area (TPSA) is 92.7 Å². The summed E-state index contributed by atoms with van der Waals surface area (Å²) in [5.41, 5.74) is 2.05. The SMILES string of the molecule is Cc1cc(C)n(CCCNS(=O)(=O)c2cnc(C)[nH]2)n1. The number of hydrogen-bond donors (Lipinski definition) is 2. The van der Waals surface area contributed by atoms with Gasteiger partial charge in [-0.3, -0.25) is 4.68 Å². The minimum atomic E-state index is -3.50. The van der Waals surface area contributed by atoms with E-state index in [-0.39, 0.29) is 5.03 Å². The number of rotatable bonds is 6. The molecule has 0 unspecified atom stereocenters. The molecule has 0 spiro atoms. The van der Waals surface area contributed by atoms with Crippen molar-refractivity contribution in [1.82, 2.24) is 24.5 Å². The summed E-state index contributed by atoms with van der Waals surface area (Å²) in [6.45, 7) is 6.68. The number of nitrogens with zero attached hydrogens (tertiary/aromatic N) is 3. The van der Waals surface area contributed by atoms with Crippen molar-refractivity contribution in [3.8, 4) is 0 Å². The van der Waals surface area contributed by atoms with Crippen molar-refractivity contribution in [3.63, 3.8) is 0 Å². The van der Waals surface area contributed by atoms with Crippen LogP contribution in [0.3, 0.4) is 0 Å². The largest absolute Gasteiger partial charge is 0.332 e. The molecular weight excluding hydrogens is 278 g/mol. The highest BCUT2D eigenvalue weighted by atomic mass is 32.2. The van der Waals surface area contributed by atoms with E-state index < -0.39 is 10.0 Å². The maximum Gasteiger partial charge on any atom is 0.257 e. The Kier molecular flexibility index (Phi) is 4.24. The Morgan fingerprint density at radius 1 is 1.35 bits per heavy atom. The second-order valence-electron chi connectivity index (χ2n) is 4.73. The zero-order valence-electron chi connectivity index (χ0n) is 11.8. The Balaban J connectivity index is 1.85. The van der Waals surface area contributed by atoms with Gasteiger partial charge < -0.3 is 4.98 Å². The Morgan fingerprint density at radius 3 is 2.65 bits per heavy atom. The van der Waals surface area contributed by atoms with Crippen molar-refractivity contribution in [2.45, 2.75) is 38.8 Å². The van der Waals surface area contributed by atoms with Crippen LogP contribution in [0.4, 0.5) is 0 Å². The van der Waals surface area contributed by atoms with Crippen LogP contribution in [0.1, 0.15) is 23.6 Å². The third-order valence-electron chi connectivity index (χ3n) is 2.91. The summed E-state index contributed by atoms with van der Waals surface area (Å²) in [6, 6.07) is 2.00. The molecule has 0 atom stereocenters. The highest BCUT2D eigenvalue weighted by molar-refractivity contribution is 7.89. The molecule has 0 saturated carbocycles. The molecule has 110 valence electrons. The van der Waals surface area contributed by atoms with Crippen LogP contribution in [0.25, 0.3) is 0 Å². The Labute approximate surface area is 118 Å². The van der Waals surface area contributed by atoms with Crippen molar-refractivity contribution in [2.75, 3.05) is 6.54 Å². The van der Waals surface area contributed by atoms with Gasteiger partial charge in [-0.25, -0.2) is 18.1 Å². The molecule has 2 aromatic rings. The number of aromatic nitrogens is 4. The summed E-state index contributed by atoms with van der Waals surface area (Å²) in [4.78, 5) is 6.59. The molecule has 20 heavy (non-hydrogen) atoms. The first-order chi connectivity index (χ1) is 9.38. The summed E-state index contributed by atoms with van der Waals surface area (Å²) < 4.78 is 28.3. The second kappa shape index (κ2) is 5.76. The highest BCUT2D eigenvalue weighted by Crippen LogP contribution is 2.05. The van der Waals surface area contributed by atoms with Crippen LogP contribution >= 0.6 is 0 Å². The van der Waals surface area contributed by atoms with E-state index in [0.29, 0.717) is 25.3 Å². The minimum absolute atomic E-state index is 0.0983. The monoisotopic (exact) mass is 297 g/mol. The number of sulfonamides is 1. The van der Waals surface area contributed by atoms with Crippen LogP contribution in [0.5, 0.6) is 0 Å². The van der Waals surface area contributed by atoms with E-state index in [9.17, 15) is 8.42 Å². The fourth-order valence-electron chi connectivity index (χ4n) is 1.95. The van der Waals surface area contributed by atoms with Gasteiger partial charge in [-0.05, 0) is 33.3 Å². The predicted molar refractivity (Wildman–Crippen MR) is 74.8 cm³/mol. The quantitative estimate of drug-likeness (QED) is 0.775. The first kappa shape index (κ1) is 14.7. The lowest BCUT2D eigenvalue weighted by molar-refractivity contribution is 0.543. The van der Waals surface area contributed by atoms with Gasteiger partial charge >= 0.3 is 0 Å². The molecule has 2 heterocycles. The summed E-state index contributed by atoms with van der Waals surface area (Å²) in [5, 5.41) is 4.43. The van der Waals surface area contributed by atoms with Gasteiger partial charge in [0.15, 0.2) is 5.03 Å². The van der Waals surface area contributed by atoms with Gasteiger partial charge in [0, 0.05) is 18.8 Å². The summed E-state index contributed by atoms with van der Waals surface area (Å²) in [5.74, 6) is 0.577. The molecule has 2 N–H and O–H groups in total. The zero-order chi connectivity index (χ0) is 14.8. The molecule has 0 fully saturated rings. The number of hydrogen-bond acceptors (Lipinski definition) is 4. The van der Waals surface area contributed by atoms with Crippen molar-refractivity contribution >= 4 is 10.0 Å². The fraction of sp³-hybridized carbons (Fsp3) is 0.500.